The molecule has 14 heavy (non-hydrogen) atoms. The van der Waals surface area contributed by atoms with Crippen molar-refractivity contribution >= 4 is 10.1 Å². The molecule has 0 aliphatic rings. The summed E-state index contributed by atoms with van der Waals surface area (Å²) in [5.74, 6) is -0.0942. The first-order chi connectivity index (χ1) is 6.25. The Hall–Kier alpha value is -1.07. The maximum atomic E-state index is 11.0. The molecule has 5 heteroatoms. The maximum absolute atomic E-state index is 11.0. The van der Waals surface area contributed by atoms with Crippen LogP contribution >= 0.6 is 0 Å². The molecule has 78 valence electrons. The first-order valence-corrected chi connectivity index (χ1v) is 5.46. The summed E-state index contributed by atoms with van der Waals surface area (Å²) in [6, 6.07) is 1.52. The fraction of sp³-hybridized carbons (Fsp3) is 0.333. The Morgan fingerprint density at radius 1 is 1.14 bits per heavy atom. The average Bonchev–Trinajstić information content (AvgIpc) is 1.97. The molecule has 0 fully saturated rings. The minimum atomic E-state index is -4.26. The van der Waals surface area contributed by atoms with Crippen LogP contribution in [0.4, 0.5) is 0 Å². The molecule has 1 aromatic carbocycles. The third kappa shape index (κ3) is 1.73. The van der Waals surface area contributed by atoms with Crippen molar-refractivity contribution in [2.45, 2.75) is 25.7 Å². The number of aromatic hydroxyl groups is 1. The number of phenols is 1. The zero-order chi connectivity index (χ0) is 11.1. The van der Waals surface area contributed by atoms with Crippen LogP contribution < -0.4 is 0 Å². The van der Waals surface area contributed by atoms with Gasteiger partial charge in [0.15, 0.2) is 0 Å². The van der Waals surface area contributed by atoms with E-state index in [1.54, 1.807) is 13.8 Å². The van der Waals surface area contributed by atoms with Crippen molar-refractivity contribution in [1.82, 2.24) is 0 Å². The normalized spacial score (nSPS) is 11.7. The molecule has 0 bridgehead atoms. The van der Waals surface area contributed by atoms with Gasteiger partial charge in [-0.2, -0.15) is 8.42 Å². The summed E-state index contributed by atoms with van der Waals surface area (Å²) in [6.45, 7) is 4.70. The van der Waals surface area contributed by atoms with Crippen LogP contribution in [-0.2, 0) is 10.1 Å². The van der Waals surface area contributed by atoms with E-state index in [0.717, 1.165) is 0 Å². The van der Waals surface area contributed by atoms with E-state index >= 15 is 0 Å². The fourth-order valence-electron chi connectivity index (χ4n) is 1.55. The minimum Gasteiger partial charge on any atom is -0.507 e. The zero-order valence-corrected chi connectivity index (χ0v) is 9.01. The smallest absolute Gasteiger partial charge is 0.295 e. The Morgan fingerprint density at radius 2 is 1.64 bits per heavy atom. The van der Waals surface area contributed by atoms with Gasteiger partial charge in [-0.1, -0.05) is 6.07 Å². The molecule has 1 aromatic rings. The molecular formula is C9H12O4S. The molecule has 0 saturated heterocycles. The van der Waals surface area contributed by atoms with Crippen LogP contribution in [-0.4, -0.2) is 18.1 Å². The monoisotopic (exact) mass is 216 g/mol. The highest BCUT2D eigenvalue weighted by Gasteiger charge is 2.19. The summed E-state index contributed by atoms with van der Waals surface area (Å²) >= 11 is 0. The Labute approximate surface area is 82.9 Å². The second kappa shape index (κ2) is 3.25. The Morgan fingerprint density at radius 3 is 2.07 bits per heavy atom. The third-order valence-corrected chi connectivity index (χ3v) is 3.26. The predicted octanol–water partition coefficient (Wildman–Crippen LogP) is 1.56. The molecule has 0 saturated carbocycles. The highest BCUT2D eigenvalue weighted by Crippen LogP contribution is 2.30. The fourth-order valence-corrected chi connectivity index (χ4v) is 2.50. The highest BCUT2D eigenvalue weighted by molar-refractivity contribution is 7.86. The van der Waals surface area contributed by atoms with Crippen molar-refractivity contribution in [2.75, 3.05) is 0 Å². The molecule has 0 spiro atoms. The van der Waals surface area contributed by atoms with Crippen molar-refractivity contribution in [3.8, 4) is 5.75 Å². The molecule has 0 atom stereocenters. The molecule has 2 N–H and O–H groups in total. The van der Waals surface area contributed by atoms with Gasteiger partial charge in [-0.3, -0.25) is 4.55 Å². The van der Waals surface area contributed by atoms with E-state index in [1.165, 1.54) is 13.0 Å². The number of rotatable bonds is 1. The van der Waals surface area contributed by atoms with Crippen molar-refractivity contribution in [1.29, 1.82) is 0 Å². The van der Waals surface area contributed by atoms with Crippen LogP contribution in [0.15, 0.2) is 11.0 Å². The average molecular weight is 216 g/mol. The Bertz CT molecular complexity index is 474. The largest absolute Gasteiger partial charge is 0.507 e. The molecule has 0 aliphatic heterocycles. The van der Waals surface area contributed by atoms with Crippen LogP contribution in [0.25, 0.3) is 0 Å². The lowest BCUT2D eigenvalue weighted by atomic mass is 10.1. The number of aryl methyl sites for hydroxylation is 2. The van der Waals surface area contributed by atoms with Gasteiger partial charge < -0.3 is 5.11 Å². The molecule has 0 unspecified atom stereocenters. The van der Waals surface area contributed by atoms with Gasteiger partial charge >= 0.3 is 0 Å². The van der Waals surface area contributed by atoms with E-state index < -0.39 is 10.1 Å². The summed E-state index contributed by atoms with van der Waals surface area (Å²) < 4.78 is 30.9. The zero-order valence-electron chi connectivity index (χ0n) is 8.20. The lowest BCUT2D eigenvalue weighted by Crippen LogP contribution is -2.04. The Balaban J connectivity index is 3.70. The highest BCUT2D eigenvalue weighted by atomic mass is 32.2. The van der Waals surface area contributed by atoms with Gasteiger partial charge in [0.05, 0.1) is 0 Å². The van der Waals surface area contributed by atoms with E-state index in [4.69, 9.17) is 4.55 Å². The van der Waals surface area contributed by atoms with Gasteiger partial charge in [0.25, 0.3) is 10.1 Å². The van der Waals surface area contributed by atoms with E-state index in [-0.39, 0.29) is 16.2 Å². The van der Waals surface area contributed by atoms with E-state index in [1.807, 2.05) is 0 Å². The lowest BCUT2D eigenvalue weighted by Gasteiger charge is -2.10. The maximum Gasteiger partial charge on any atom is 0.295 e. The summed E-state index contributed by atoms with van der Waals surface area (Å²) in [5, 5.41) is 9.50. The second-order valence-corrected chi connectivity index (χ2v) is 4.65. The van der Waals surface area contributed by atoms with Crippen molar-refractivity contribution < 1.29 is 18.1 Å². The minimum absolute atomic E-state index is 0.0942. The summed E-state index contributed by atoms with van der Waals surface area (Å²) in [7, 11) is -4.26. The topological polar surface area (TPSA) is 74.6 Å². The first kappa shape index (κ1) is 11.0. The van der Waals surface area contributed by atoms with E-state index in [9.17, 15) is 13.5 Å². The quantitative estimate of drug-likeness (QED) is 0.699. The van der Waals surface area contributed by atoms with Gasteiger partial charge in [-0.15, -0.1) is 0 Å². The van der Waals surface area contributed by atoms with Gasteiger partial charge in [-0.05, 0) is 31.9 Å². The lowest BCUT2D eigenvalue weighted by molar-refractivity contribution is 0.457. The van der Waals surface area contributed by atoms with Crippen LogP contribution in [0.1, 0.15) is 16.7 Å². The molecule has 0 radical (unpaired) electrons. The van der Waals surface area contributed by atoms with Crippen molar-refractivity contribution in [3.63, 3.8) is 0 Å². The predicted molar refractivity (Wildman–Crippen MR) is 52.1 cm³/mol. The van der Waals surface area contributed by atoms with Crippen molar-refractivity contribution in [3.05, 3.63) is 22.8 Å². The second-order valence-electron chi connectivity index (χ2n) is 3.29. The molecule has 4 nitrogen and oxygen atoms in total. The van der Waals surface area contributed by atoms with E-state index in [2.05, 4.69) is 0 Å². The van der Waals surface area contributed by atoms with Crippen molar-refractivity contribution in [2.24, 2.45) is 0 Å². The number of hydrogen-bond donors (Lipinski definition) is 2. The van der Waals surface area contributed by atoms with Gasteiger partial charge in [0, 0.05) is 5.56 Å². The Kier molecular flexibility index (Phi) is 2.56. The van der Waals surface area contributed by atoms with Crippen LogP contribution in [0.2, 0.25) is 0 Å². The first-order valence-electron chi connectivity index (χ1n) is 4.02. The molecule has 0 aliphatic carbocycles. The standard InChI is InChI=1S/C9H12O4S/c1-5-4-6(2)9(14(11,12)13)7(3)8(5)10/h4,10H,1-3H3,(H,11,12,13). The number of benzene rings is 1. The van der Waals surface area contributed by atoms with Crippen LogP contribution in [0.5, 0.6) is 5.75 Å². The van der Waals surface area contributed by atoms with Crippen LogP contribution in [0.3, 0.4) is 0 Å². The molecule has 0 aromatic heterocycles. The van der Waals surface area contributed by atoms with Gasteiger partial charge in [0.2, 0.25) is 0 Å². The molecular weight excluding hydrogens is 204 g/mol. The summed E-state index contributed by atoms with van der Waals surface area (Å²) in [6.07, 6.45) is 0. The summed E-state index contributed by atoms with van der Waals surface area (Å²) in [4.78, 5) is -0.208. The van der Waals surface area contributed by atoms with Gasteiger partial charge in [-0.25, -0.2) is 0 Å². The van der Waals surface area contributed by atoms with Gasteiger partial charge in [0.1, 0.15) is 10.6 Å². The molecule has 0 heterocycles. The number of phenolic OH excluding ortho intramolecular Hbond substituents is 1. The van der Waals surface area contributed by atoms with E-state index in [0.29, 0.717) is 11.1 Å². The SMILES string of the molecule is Cc1cc(C)c(S(=O)(=O)O)c(C)c1O. The third-order valence-electron chi connectivity index (χ3n) is 2.12. The summed E-state index contributed by atoms with van der Waals surface area (Å²) in [5.41, 5.74) is 1.21. The molecule has 0 amide bonds. The van der Waals surface area contributed by atoms with Crippen LogP contribution in [0, 0.1) is 20.8 Å². The number of hydrogen-bond acceptors (Lipinski definition) is 3. The molecule has 1 rings (SSSR count).